The maximum Gasteiger partial charge on any atom is 0.374 e. The number of likely N-dealkylation sites (N-methyl/N-ethyl adjacent to an activating group) is 1. The smallest absolute Gasteiger partial charge is 0.374 e. The number of allylic oxidation sites excluding steroid dienone is 7. The number of benzene rings is 2. The van der Waals surface area contributed by atoms with Crippen LogP contribution in [0.3, 0.4) is 0 Å². The zero-order chi connectivity index (χ0) is 93.2. The van der Waals surface area contributed by atoms with Crippen LogP contribution in [-0.2, 0) is 153 Å². The van der Waals surface area contributed by atoms with Crippen LogP contribution in [-0.4, -0.2) is 403 Å². The molecule has 0 aromatic heterocycles. The molecule has 1 fully saturated rings. The minimum Gasteiger partial charge on any atom is -0.382 e. The van der Waals surface area contributed by atoms with E-state index in [2.05, 4.69) is 60.1 Å². The molecule has 37 nitrogen and oxygen atoms in total. The predicted octanol–water partition coefficient (Wildman–Crippen LogP) is 7.09. The number of amides is 3. The Kier molecular flexibility index (Phi) is 66.1. The number of hydroxylamine groups is 2. The SMILES string of the molecule is COCCOCCOCCOCCOCCOCCOCCOCCOCCOCCOCCOCCOCCOCCOCCOCCOCCOCCOCCOCCOCCOCCOCCOCCNC(=O)CCCCCN1C(=CC=CC=CC=CC2=[N+](CCCCCC(=O)ON3C(=O)CCC3=O)c3ccc(C)cc3[N+]2(C)C)C(C)(C)c2cc(S(=O)(=O)O)ccc21. The number of carbonyl (C=O) groups excluding carboxylic acids is 4. The first-order valence-corrected chi connectivity index (χ1v) is 47.2. The van der Waals surface area contributed by atoms with Gasteiger partial charge in [-0.3, -0.25) is 18.9 Å². The summed E-state index contributed by atoms with van der Waals surface area (Å²) in [6.07, 6.45) is 18.9. The first-order chi connectivity index (χ1) is 63.5. The number of fused-ring (bicyclic) bond motifs is 2. The van der Waals surface area contributed by atoms with Crippen molar-refractivity contribution >= 4 is 56.7 Å². The Morgan fingerprint density at radius 3 is 1.16 bits per heavy atom. The molecule has 0 radical (unpaired) electrons. The Bertz CT molecular complexity index is 3560. The normalized spacial score (nSPS) is 14.7. The fourth-order valence-corrected chi connectivity index (χ4v) is 13.6. The van der Waals surface area contributed by atoms with Crippen LogP contribution in [0.1, 0.15) is 89.2 Å². The zero-order valence-electron chi connectivity index (χ0n) is 78.2. The lowest BCUT2D eigenvalue weighted by Crippen LogP contribution is -2.45. The Labute approximate surface area is 770 Å². The number of amidine groups is 1. The van der Waals surface area contributed by atoms with E-state index < -0.39 is 33.3 Å². The number of nitrogens with zero attached hydrogens (tertiary/aromatic N) is 4. The summed E-state index contributed by atoms with van der Waals surface area (Å²) in [5, 5.41) is 3.52. The van der Waals surface area contributed by atoms with E-state index in [0.717, 1.165) is 59.7 Å². The van der Waals surface area contributed by atoms with Crippen molar-refractivity contribution in [2.75, 3.05) is 356 Å². The van der Waals surface area contributed by atoms with Gasteiger partial charge in [-0.15, -0.1) is 9.64 Å². The van der Waals surface area contributed by atoms with E-state index in [1.165, 1.54) is 11.8 Å². The molecule has 2 aromatic carbocycles. The third kappa shape index (κ3) is 53.2. The molecule has 38 heteroatoms. The van der Waals surface area contributed by atoms with Crippen LogP contribution in [0.25, 0.3) is 0 Å². The third-order valence-electron chi connectivity index (χ3n) is 19.9. The molecule has 0 atom stereocenters. The summed E-state index contributed by atoms with van der Waals surface area (Å²) in [4.78, 5) is 56.0. The second-order valence-electron chi connectivity index (χ2n) is 30.7. The number of methoxy groups -OCH3 is 1. The van der Waals surface area contributed by atoms with Gasteiger partial charge in [0.2, 0.25) is 11.6 Å². The fraction of sp³-hybridized carbons (Fsp3) is 0.728. The van der Waals surface area contributed by atoms with Crippen molar-refractivity contribution in [2.45, 2.75) is 95.3 Å². The van der Waals surface area contributed by atoms with Gasteiger partial charge in [0.25, 0.3) is 27.6 Å². The van der Waals surface area contributed by atoms with E-state index in [4.69, 9.17) is 119 Å². The Morgan fingerprint density at radius 2 is 0.785 bits per heavy atom. The Morgan fingerprint density at radius 1 is 0.438 bits per heavy atom. The lowest BCUT2D eigenvalue weighted by atomic mass is 9.83. The molecular weight excluding hydrogens is 1720 g/mol. The van der Waals surface area contributed by atoms with Crippen molar-refractivity contribution in [1.82, 2.24) is 14.9 Å². The average molecular weight is 1870 g/mol. The van der Waals surface area contributed by atoms with Crippen LogP contribution in [0.5, 0.6) is 0 Å². The van der Waals surface area contributed by atoms with E-state index in [0.29, 0.717) is 359 Å². The molecule has 0 spiro atoms. The Hall–Kier alpha value is -6.14. The lowest BCUT2D eigenvalue weighted by molar-refractivity contribution is -0.438. The quantitative estimate of drug-likeness (QED) is 0.0167. The molecule has 0 unspecified atom stereocenters. The molecule has 3 aliphatic rings. The largest absolute Gasteiger partial charge is 0.382 e. The summed E-state index contributed by atoms with van der Waals surface area (Å²) in [6, 6.07) is 11.2. The number of anilines is 1. The van der Waals surface area contributed by atoms with Gasteiger partial charge < -0.3 is 129 Å². The van der Waals surface area contributed by atoms with Gasteiger partial charge >= 0.3 is 11.8 Å². The van der Waals surface area contributed by atoms with E-state index >= 15 is 0 Å². The molecule has 2 aromatic rings. The second-order valence-corrected chi connectivity index (χ2v) is 32.1. The summed E-state index contributed by atoms with van der Waals surface area (Å²) < 4.78 is 170. The van der Waals surface area contributed by atoms with E-state index in [1.54, 1.807) is 19.2 Å². The van der Waals surface area contributed by atoms with Crippen molar-refractivity contribution < 1.29 is 155 Å². The van der Waals surface area contributed by atoms with Gasteiger partial charge in [0, 0.05) is 81.2 Å². The van der Waals surface area contributed by atoms with Crippen LogP contribution in [0.15, 0.2) is 89.5 Å². The lowest BCUT2D eigenvalue weighted by Gasteiger charge is -2.27. The molecule has 1 saturated heterocycles. The zero-order valence-corrected chi connectivity index (χ0v) is 79.0. The number of ether oxygens (including phenoxy) is 24. The average Bonchev–Trinajstić information content (AvgIpc) is 1.59. The van der Waals surface area contributed by atoms with Gasteiger partial charge in [-0.2, -0.15) is 8.42 Å². The highest BCUT2D eigenvalue weighted by molar-refractivity contribution is 7.85. The van der Waals surface area contributed by atoms with Crippen molar-refractivity contribution in [1.29, 1.82) is 0 Å². The number of unbranched alkanes of at least 4 members (excludes halogenated alkanes) is 4. The number of aryl methyl sites for hydroxylation is 1. The van der Waals surface area contributed by atoms with Gasteiger partial charge in [0.05, 0.1) is 336 Å². The van der Waals surface area contributed by atoms with Gasteiger partial charge in [-0.05, 0) is 74.1 Å². The molecule has 742 valence electrons. The number of rotatable bonds is 90. The van der Waals surface area contributed by atoms with Gasteiger partial charge in [-0.1, -0.05) is 50.6 Å². The minimum absolute atomic E-state index is 0.0530. The summed E-state index contributed by atoms with van der Waals surface area (Å²) in [6.45, 7) is 30.0. The number of carbonyl (C=O) groups is 4. The highest BCUT2D eigenvalue weighted by Crippen LogP contribution is 2.49. The molecule has 3 amide bonds. The maximum absolute atomic E-state index is 12.7. The van der Waals surface area contributed by atoms with Gasteiger partial charge in [-0.25, -0.2) is 9.28 Å². The molecule has 3 aliphatic heterocycles. The number of quaternary nitrogens is 1. The predicted molar refractivity (Wildman–Crippen MR) is 485 cm³/mol. The van der Waals surface area contributed by atoms with Crippen molar-refractivity contribution in [3.05, 3.63) is 95.8 Å². The molecular formula is C92H153N5O32S+2. The first kappa shape index (κ1) is 114. The van der Waals surface area contributed by atoms with Crippen LogP contribution in [0.4, 0.5) is 17.1 Å². The molecule has 2 N–H and O–H groups in total. The van der Waals surface area contributed by atoms with Crippen LogP contribution in [0, 0.1) is 6.92 Å². The van der Waals surface area contributed by atoms with Crippen LogP contribution in [0.2, 0.25) is 0 Å². The minimum atomic E-state index is -4.44. The summed E-state index contributed by atoms with van der Waals surface area (Å²) in [5.41, 5.74) is 5.46. The fourth-order valence-electron chi connectivity index (χ4n) is 13.1. The van der Waals surface area contributed by atoms with Crippen molar-refractivity contribution in [3.8, 4) is 0 Å². The maximum atomic E-state index is 12.7. The molecule has 0 saturated carbocycles. The van der Waals surface area contributed by atoms with Crippen molar-refractivity contribution in [3.63, 3.8) is 0 Å². The molecule has 0 aliphatic carbocycles. The Balaban J connectivity index is 0.708. The number of imide groups is 1. The standard InChI is InChI=1S/C92H151N5O32S/c1-80-22-24-84-85(78-80)97(4,5)88(95(84)30-17-11-15-21-91(101)129-96-89(99)26-27-90(96)100)20-14-9-7-8-12-18-86-92(2,3)82-79-81(130(102,103)104)23-25-83(82)94(86)29-16-10-13-19-87(98)93-28-31-106-34-35-108-38-39-110-42-43-112-46-47-114-50-51-116-54-55-118-58-59-120-62-63-122-66-67-124-70-71-126-74-75-128-77-76-127-73-72-125-69-68-123-65-64-121-61-60-119-57-56-117-53-52-115-49-48-113-45-44-111-41-40-109-37-36-107-33-32-105-6/h7-9,12,14,18,20,22-25,78-79H,10-11,13,15-17,19,21,26-77H2,1-6H3/p+2. The van der Waals surface area contributed by atoms with Gasteiger partial charge in [0.15, 0.2) is 6.54 Å². The number of hydrogen-bond donors (Lipinski definition) is 2. The molecule has 3 heterocycles. The number of nitrogens with one attached hydrogen (secondary N) is 1. The highest BCUT2D eigenvalue weighted by Gasteiger charge is 2.46. The van der Waals surface area contributed by atoms with Crippen molar-refractivity contribution in [2.24, 2.45) is 0 Å². The van der Waals surface area contributed by atoms with Gasteiger partial charge in [0.1, 0.15) is 0 Å². The molecule has 0 bridgehead atoms. The topological polar surface area (TPSA) is 375 Å². The highest BCUT2D eigenvalue weighted by atomic mass is 32.2. The summed E-state index contributed by atoms with van der Waals surface area (Å²) in [7, 11) is 1.52. The van der Waals surface area contributed by atoms with E-state index in [-0.39, 0.29) is 30.1 Å². The first-order valence-electron chi connectivity index (χ1n) is 45.8. The van der Waals surface area contributed by atoms with E-state index in [1.807, 2.05) is 50.3 Å². The van der Waals surface area contributed by atoms with E-state index in [9.17, 15) is 32.1 Å². The van der Waals surface area contributed by atoms with Crippen LogP contribution < -0.4 is 14.7 Å². The number of hydrogen-bond acceptors (Lipinski definition) is 32. The summed E-state index contributed by atoms with van der Waals surface area (Å²) >= 11 is 0. The molecule has 130 heavy (non-hydrogen) atoms. The van der Waals surface area contributed by atoms with Crippen LogP contribution >= 0.6 is 0 Å². The third-order valence-corrected chi connectivity index (χ3v) is 20.8. The second kappa shape index (κ2) is 75.1. The monoisotopic (exact) mass is 1870 g/mol. The molecule has 5 rings (SSSR count). The summed E-state index contributed by atoms with van der Waals surface area (Å²) in [5.74, 6) is -0.547.